The van der Waals surface area contributed by atoms with Crippen LogP contribution in [0.15, 0.2) is 268 Å². The largest absolute Gasteiger partial charge is 0.308 e. The summed E-state index contributed by atoms with van der Waals surface area (Å²) in [7, 11) is 0. The summed E-state index contributed by atoms with van der Waals surface area (Å²) in [6, 6.07) is 84.1. The van der Waals surface area contributed by atoms with Gasteiger partial charge in [0.05, 0.1) is 55.2 Å². The Labute approximate surface area is 488 Å². The van der Waals surface area contributed by atoms with Crippen LogP contribution in [0.2, 0.25) is 0 Å². The van der Waals surface area contributed by atoms with E-state index >= 15 is 0 Å². The third-order valence-electron chi connectivity index (χ3n) is 18.3. The molecule has 86 heavy (non-hydrogen) atoms. The highest BCUT2D eigenvalue weighted by atomic mass is 15.1. The van der Waals surface area contributed by atoms with Crippen molar-refractivity contribution in [2.45, 2.75) is 0 Å². The number of nitrogens with zero attached hydrogens (tertiary/aromatic N) is 10. The monoisotopic (exact) mass is 1100 g/mol. The van der Waals surface area contributed by atoms with Crippen LogP contribution in [0, 0.1) is 0 Å². The minimum atomic E-state index is 0.823. The van der Waals surface area contributed by atoms with Gasteiger partial charge in [0.2, 0.25) is 0 Å². The maximum atomic E-state index is 5.08. The number of hydrogen-bond donors (Lipinski definition) is 0. The molecular formula is C76H44N10. The lowest BCUT2D eigenvalue weighted by Gasteiger charge is -2.15. The maximum Gasteiger partial charge on any atom is 0.163 e. The summed E-state index contributed by atoms with van der Waals surface area (Å²) >= 11 is 0. The van der Waals surface area contributed by atoms with E-state index < -0.39 is 0 Å². The lowest BCUT2D eigenvalue weighted by molar-refractivity contribution is 1.15. The van der Waals surface area contributed by atoms with E-state index in [9.17, 15) is 0 Å². The van der Waals surface area contributed by atoms with Crippen LogP contribution in [0.1, 0.15) is 0 Å². The van der Waals surface area contributed by atoms with Crippen molar-refractivity contribution in [1.29, 1.82) is 0 Å². The maximum absolute atomic E-state index is 5.08. The van der Waals surface area contributed by atoms with Gasteiger partial charge in [0, 0.05) is 125 Å². The zero-order valence-corrected chi connectivity index (χ0v) is 45.9. The van der Waals surface area contributed by atoms with Crippen molar-refractivity contribution in [3.63, 3.8) is 0 Å². The molecule has 10 heteroatoms. The van der Waals surface area contributed by atoms with E-state index in [0.717, 1.165) is 165 Å². The highest BCUT2D eigenvalue weighted by molar-refractivity contribution is 6.42. The standard InChI is InChI=1S/C76H44N10/c1-5-19-47(20-6-1)83-57-31-15-14-28-52(57)65-71-63(70-66(72(65)83)56-30-18-38-78-68(56)76-80-40-42-82(70)76)54-36-34-46(44-60(54)85(71)49-23-9-3-10-24-49)45-33-35-53-59(43-45)86(50-25-11-4-12-26-50)73-61(53)62-55-29-17-37-77-67(55)75-79-39-41-81(75)69(62)64-51-27-13-16-32-58(51)84(74(64)73)48-21-7-2-8-22-48/h1-44H. The molecule has 0 unspecified atom stereocenters. The smallest absolute Gasteiger partial charge is 0.163 e. The molecule has 0 aliphatic rings. The molecule has 0 radical (unpaired) electrons. The minimum absolute atomic E-state index is 0.823. The molecule has 20 aromatic rings. The molecule has 0 bridgehead atoms. The molecule has 10 heterocycles. The Hall–Kier alpha value is -11.9. The highest BCUT2D eigenvalue weighted by Gasteiger charge is 2.31. The van der Waals surface area contributed by atoms with Crippen molar-refractivity contribution in [3.8, 4) is 33.9 Å². The number of rotatable bonds is 5. The zero-order valence-electron chi connectivity index (χ0n) is 45.9. The molecule has 0 aliphatic carbocycles. The number of aromatic nitrogens is 10. The fraction of sp³-hybridized carbons (Fsp3) is 0. The summed E-state index contributed by atoms with van der Waals surface area (Å²) in [5.41, 5.74) is 21.0. The second kappa shape index (κ2) is 16.9. The molecule has 10 nitrogen and oxygen atoms in total. The van der Waals surface area contributed by atoms with Gasteiger partial charge >= 0.3 is 0 Å². The van der Waals surface area contributed by atoms with Gasteiger partial charge in [-0.2, -0.15) is 0 Å². The van der Waals surface area contributed by atoms with Gasteiger partial charge in [-0.25, -0.2) is 9.97 Å². The van der Waals surface area contributed by atoms with Crippen LogP contribution in [-0.2, 0) is 0 Å². The quantitative estimate of drug-likeness (QED) is 0.161. The third kappa shape index (κ3) is 5.83. The summed E-state index contributed by atoms with van der Waals surface area (Å²) in [4.78, 5) is 20.2. The summed E-state index contributed by atoms with van der Waals surface area (Å²) in [6.45, 7) is 0. The molecular weight excluding hydrogens is 1050 g/mol. The molecule has 0 saturated heterocycles. The van der Waals surface area contributed by atoms with E-state index in [4.69, 9.17) is 19.9 Å². The van der Waals surface area contributed by atoms with Gasteiger partial charge in [-0.1, -0.05) is 146 Å². The number of para-hydroxylation sites is 6. The predicted octanol–water partition coefficient (Wildman–Crippen LogP) is 18.4. The molecule has 0 amide bonds. The molecule has 0 aliphatic heterocycles. The molecule has 398 valence electrons. The van der Waals surface area contributed by atoms with Crippen molar-refractivity contribution in [2.75, 3.05) is 0 Å². The van der Waals surface area contributed by atoms with Gasteiger partial charge < -0.3 is 18.3 Å². The van der Waals surface area contributed by atoms with E-state index in [1.54, 1.807) is 0 Å². The normalized spacial score (nSPS) is 12.4. The van der Waals surface area contributed by atoms with Crippen LogP contribution in [0.25, 0.3) is 176 Å². The van der Waals surface area contributed by atoms with Crippen LogP contribution < -0.4 is 0 Å². The van der Waals surface area contributed by atoms with Crippen molar-refractivity contribution >= 4 is 142 Å². The number of imidazole rings is 2. The van der Waals surface area contributed by atoms with Gasteiger partial charge in [0.25, 0.3) is 0 Å². The predicted molar refractivity (Wildman–Crippen MR) is 352 cm³/mol. The second-order valence-electron chi connectivity index (χ2n) is 22.6. The van der Waals surface area contributed by atoms with Crippen LogP contribution in [0.5, 0.6) is 0 Å². The van der Waals surface area contributed by atoms with E-state index in [2.05, 4.69) is 270 Å². The average Bonchev–Trinajstić information content (AvgIpc) is 1.52. The Bertz CT molecular complexity index is 6300. The van der Waals surface area contributed by atoms with Crippen molar-refractivity contribution in [1.82, 2.24) is 47.0 Å². The van der Waals surface area contributed by atoms with Crippen LogP contribution in [0.4, 0.5) is 0 Å². The lowest BCUT2D eigenvalue weighted by Crippen LogP contribution is -2.00. The second-order valence-corrected chi connectivity index (χ2v) is 22.6. The Morgan fingerprint density at radius 1 is 0.233 bits per heavy atom. The Balaban J connectivity index is 0.969. The Morgan fingerprint density at radius 3 is 1.08 bits per heavy atom. The number of benzene rings is 10. The molecule has 0 N–H and O–H groups in total. The molecule has 0 fully saturated rings. The molecule has 0 spiro atoms. The van der Waals surface area contributed by atoms with Gasteiger partial charge in [-0.05, 0) is 96.1 Å². The molecule has 10 aromatic heterocycles. The fourth-order valence-electron chi connectivity index (χ4n) is 15.1. The SMILES string of the molecule is c1ccc(-n2c3ccccc3c3c2c2c4cccnc4c4nccn4c2c2c4ccc(-c5ccc6c7c8c9cccnc9c9nccn9c8c8c9ccccc9n(-c9ccccc9)c8c7n(-c7ccccc7)c6c5)cc4n(-c4ccccc4)c32)cc1. The van der Waals surface area contributed by atoms with E-state index in [1.165, 1.54) is 10.8 Å². The van der Waals surface area contributed by atoms with Gasteiger partial charge in [0.1, 0.15) is 11.0 Å². The van der Waals surface area contributed by atoms with Gasteiger partial charge in [-0.15, -0.1) is 0 Å². The van der Waals surface area contributed by atoms with Crippen molar-refractivity contribution in [3.05, 3.63) is 268 Å². The highest BCUT2D eigenvalue weighted by Crippen LogP contribution is 2.52. The summed E-state index contributed by atoms with van der Waals surface area (Å²) in [5.74, 6) is 0. The molecule has 0 atom stereocenters. The van der Waals surface area contributed by atoms with Crippen molar-refractivity contribution < 1.29 is 0 Å². The average molecular weight is 1100 g/mol. The number of fused-ring (bicyclic) bond motifs is 30. The minimum Gasteiger partial charge on any atom is -0.308 e. The lowest BCUT2D eigenvalue weighted by atomic mass is 9.97. The van der Waals surface area contributed by atoms with Crippen LogP contribution in [-0.4, -0.2) is 47.0 Å². The molecule has 0 saturated carbocycles. The van der Waals surface area contributed by atoms with Crippen molar-refractivity contribution in [2.24, 2.45) is 0 Å². The topological polar surface area (TPSA) is 80.1 Å². The third-order valence-corrected chi connectivity index (χ3v) is 18.3. The zero-order chi connectivity index (χ0) is 55.9. The first-order chi connectivity index (χ1) is 42.8. The molecule has 10 aromatic carbocycles. The first kappa shape index (κ1) is 45.7. The van der Waals surface area contributed by atoms with Crippen LogP contribution in [0.3, 0.4) is 0 Å². The fourth-order valence-corrected chi connectivity index (χ4v) is 15.1. The van der Waals surface area contributed by atoms with Gasteiger partial charge in [0.15, 0.2) is 11.3 Å². The van der Waals surface area contributed by atoms with E-state index in [-0.39, 0.29) is 0 Å². The molecule has 20 rings (SSSR count). The Morgan fingerprint density at radius 2 is 0.570 bits per heavy atom. The summed E-state index contributed by atoms with van der Waals surface area (Å²) < 4.78 is 14.6. The van der Waals surface area contributed by atoms with E-state index in [0.29, 0.717) is 0 Å². The Kier molecular flexibility index (Phi) is 8.97. The first-order valence-electron chi connectivity index (χ1n) is 29.1. The summed E-state index contributed by atoms with van der Waals surface area (Å²) in [5, 5.41) is 13.6. The van der Waals surface area contributed by atoms with Crippen LogP contribution >= 0.6 is 0 Å². The summed E-state index contributed by atoms with van der Waals surface area (Å²) in [6.07, 6.45) is 11.8. The van der Waals surface area contributed by atoms with Gasteiger partial charge in [-0.3, -0.25) is 18.8 Å². The first-order valence-corrected chi connectivity index (χ1v) is 29.1. The number of pyridine rings is 4. The number of hydrogen-bond acceptors (Lipinski definition) is 4. The van der Waals surface area contributed by atoms with E-state index in [1.807, 2.05) is 24.8 Å².